The van der Waals surface area contributed by atoms with Crippen molar-refractivity contribution in [2.75, 3.05) is 30.3 Å². The van der Waals surface area contributed by atoms with Crippen LogP contribution in [0.15, 0.2) is 34.9 Å². The molecule has 2 amide bonds. The number of nitrogens with one attached hydrogen (secondary N) is 2. The number of anilines is 2. The minimum atomic E-state index is -0.233. The zero-order valence-corrected chi connectivity index (χ0v) is 16.0. The van der Waals surface area contributed by atoms with Crippen LogP contribution in [0.3, 0.4) is 0 Å². The highest BCUT2D eigenvalue weighted by atomic mass is 16.5. The molecule has 1 fully saturated rings. The summed E-state index contributed by atoms with van der Waals surface area (Å²) in [5.74, 6) is 0.166. The van der Waals surface area contributed by atoms with Gasteiger partial charge in [-0.25, -0.2) is 0 Å². The van der Waals surface area contributed by atoms with Gasteiger partial charge in [-0.2, -0.15) is 0 Å². The van der Waals surface area contributed by atoms with E-state index < -0.39 is 0 Å². The Bertz CT molecular complexity index is 799. The van der Waals surface area contributed by atoms with E-state index in [0.29, 0.717) is 11.4 Å². The van der Waals surface area contributed by atoms with Gasteiger partial charge in [0, 0.05) is 35.8 Å². The first kappa shape index (κ1) is 18.9. The van der Waals surface area contributed by atoms with E-state index in [-0.39, 0.29) is 23.8 Å². The van der Waals surface area contributed by atoms with Crippen molar-refractivity contribution >= 4 is 23.4 Å². The van der Waals surface area contributed by atoms with E-state index in [0.717, 1.165) is 37.3 Å². The molecule has 0 unspecified atom stereocenters. The fourth-order valence-electron chi connectivity index (χ4n) is 2.88. The van der Waals surface area contributed by atoms with E-state index in [1.165, 1.54) is 0 Å². The molecule has 0 aliphatic carbocycles. The van der Waals surface area contributed by atoms with Gasteiger partial charge in [0.1, 0.15) is 0 Å². The Morgan fingerprint density at radius 1 is 1.15 bits per heavy atom. The first-order valence-corrected chi connectivity index (χ1v) is 9.23. The fourth-order valence-corrected chi connectivity index (χ4v) is 2.88. The molecule has 0 spiro atoms. The lowest BCUT2D eigenvalue weighted by atomic mass is 9.92. The lowest BCUT2D eigenvalue weighted by Gasteiger charge is -2.15. The molecule has 1 aliphatic rings. The van der Waals surface area contributed by atoms with Crippen molar-refractivity contribution in [3.05, 3.63) is 41.6 Å². The van der Waals surface area contributed by atoms with Crippen LogP contribution in [0.2, 0.25) is 0 Å². The number of hydrogen-bond donors (Lipinski definition) is 2. The predicted octanol–water partition coefficient (Wildman–Crippen LogP) is 3.26. The second-order valence-corrected chi connectivity index (χ2v) is 7.80. The van der Waals surface area contributed by atoms with Gasteiger partial charge in [0.15, 0.2) is 0 Å². The maximum atomic E-state index is 12.3. The van der Waals surface area contributed by atoms with Crippen LogP contribution in [0, 0.1) is 0 Å². The zero-order valence-electron chi connectivity index (χ0n) is 16.0. The molecule has 1 aliphatic heterocycles. The van der Waals surface area contributed by atoms with Crippen molar-refractivity contribution in [3.8, 4) is 0 Å². The van der Waals surface area contributed by atoms with Crippen molar-refractivity contribution in [2.45, 2.75) is 39.0 Å². The minimum Gasteiger partial charge on any atom is -0.376 e. The van der Waals surface area contributed by atoms with E-state index in [9.17, 15) is 9.59 Å². The van der Waals surface area contributed by atoms with Gasteiger partial charge in [-0.3, -0.25) is 14.9 Å². The van der Waals surface area contributed by atoms with E-state index in [1.54, 1.807) is 18.2 Å². The van der Waals surface area contributed by atoms with Crippen LogP contribution in [0.1, 0.15) is 49.7 Å². The highest BCUT2D eigenvalue weighted by Crippen LogP contribution is 2.23. The molecule has 27 heavy (non-hydrogen) atoms. The molecule has 1 aromatic carbocycles. The Morgan fingerprint density at radius 2 is 1.81 bits per heavy atom. The highest BCUT2D eigenvalue weighted by molar-refractivity contribution is 5.95. The fraction of sp³-hybridized carbons (Fsp3) is 0.450. The number of nitrogens with zero attached hydrogens (tertiary/aromatic N) is 2. The van der Waals surface area contributed by atoms with Crippen LogP contribution in [-0.2, 0) is 10.2 Å². The molecule has 2 heterocycles. The summed E-state index contributed by atoms with van der Waals surface area (Å²) in [6.07, 6.45) is 2.14. The molecular weight excluding hydrogens is 344 g/mol. The third-order valence-corrected chi connectivity index (χ3v) is 4.52. The maximum absolute atomic E-state index is 12.3. The summed E-state index contributed by atoms with van der Waals surface area (Å²) in [7, 11) is 0. The first-order valence-electron chi connectivity index (χ1n) is 9.23. The van der Waals surface area contributed by atoms with E-state index in [4.69, 9.17) is 4.52 Å². The molecule has 1 aromatic heterocycles. The van der Waals surface area contributed by atoms with Gasteiger partial charge in [-0.15, -0.1) is 0 Å². The number of amides is 2. The lowest BCUT2D eigenvalue weighted by molar-refractivity contribution is -0.114. The van der Waals surface area contributed by atoms with Gasteiger partial charge in [-0.05, 0) is 37.1 Å². The van der Waals surface area contributed by atoms with Gasteiger partial charge in [0.05, 0.1) is 12.2 Å². The normalized spacial score (nSPS) is 14.3. The average Bonchev–Trinajstić information content (AvgIpc) is 3.31. The third kappa shape index (κ3) is 4.87. The van der Waals surface area contributed by atoms with E-state index in [1.807, 2.05) is 37.8 Å². The van der Waals surface area contributed by atoms with Crippen LogP contribution in [-0.4, -0.2) is 41.5 Å². The largest absolute Gasteiger partial charge is 0.376 e. The topological polar surface area (TPSA) is 87.5 Å². The molecule has 3 rings (SSSR count). The molecule has 1 saturated heterocycles. The monoisotopic (exact) mass is 370 g/mol. The summed E-state index contributed by atoms with van der Waals surface area (Å²) in [6.45, 7) is 7.82. The summed E-state index contributed by atoms with van der Waals surface area (Å²) in [5, 5.41) is 9.69. The predicted molar refractivity (Wildman–Crippen MR) is 104 cm³/mol. The van der Waals surface area contributed by atoms with E-state index >= 15 is 0 Å². The Hall–Kier alpha value is -2.83. The second kappa shape index (κ2) is 7.82. The highest BCUT2D eigenvalue weighted by Gasteiger charge is 2.20. The standard InChI is InChI=1S/C20H26N4O3/c1-20(2,3)16-12-18(27-23-16)22-17(25)13-21-15-8-6-14(7-9-15)19(26)24-10-4-5-11-24/h6-9,12,21H,4-5,10-11,13H2,1-3H3,(H,22,25). The lowest BCUT2D eigenvalue weighted by Crippen LogP contribution is -2.27. The Morgan fingerprint density at radius 3 is 2.41 bits per heavy atom. The summed E-state index contributed by atoms with van der Waals surface area (Å²) >= 11 is 0. The van der Waals surface area contributed by atoms with Gasteiger partial charge < -0.3 is 14.7 Å². The molecule has 7 nitrogen and oxygen atoms in total. The van der Waals surface area contributed by atoms with Gasteiger partial charge >= 0.3 is 0 Å². The van der Waals surface area contributed by atoms with Crippen molar-refractivity contribution in [3.63, 3.8) is 0 Å². The summed E-state index contributed by atoms with van der Waals surface area (Å²) in [5.41, 5.74) is 2.09. The maximum Gasteiger partial charge on any atom is 0.253 e. The van der Waals surface area contributed by atoms with Gasteiger partial charge in [0.25, 0.3) is 5.91 Å². The van der Waals surface area contributed by atoms with Crippen molar-refractivity contribution < 1.29 is 14.1 Å². The van der Waals surface area contributed by atoms with Crippen LogP contribution in [0.25, 0.3) is 0 Å². The van der Waals surface area contributed by atoms with Gasteiger partial charge in [0.2, 0.25) is 11.8 Å². The number of hydrogen-bond acceptors (Lipinski definition) is 5. The molecule has 0 bridgehead atoms. The summed E-state index contributed by atoms with van der Waals surface area (Å²) < 4.78 is 5.15. The number of rotatable bonds is 5. The molecule has 0 atom stereocenters. The minimum absolute atomic E-state index is 0.0664. The molecule has 2 N–H and O–H groups in total. The number of aromatic nitrogens is 1. The van der Waals surface area contributed by atoms with Crippen LogP contribution in [0.4, 0.5) is 11.6 Å². The molecular formula is C20H26N4O3. The zero-order chi connectivity index (χ0) is 19.4. The quantitative estimate of drug-likeness (QED) is 0.843. The summed E-state index contributed by atoms with van der Waals surface area (Å²) in [4.78, 5) is 26.3. The SMILES string of the molecule is CC(C)(C)c1cc(NC(=O)CNc2ccc(C(=O)N3CCCC3)cc2)on1. The third-order valence-electron chi connectivity index (χ3n) is 4.52. The van der Waals surface area contributed by atoms with Crippen LogP contribution >= 0.6 is 0 Å². The second-order valence-electron chi connectivity index (χ2n) is 7.80. The number of carbonyl (C=O) groups excluding carboxylic acids is 2. The molecule has 0 radical (unpaired) electrons. The Balaban J connectivity index is 1.50. The number of benzene rings is 1. The van der Waals surface area contributed by atoms with Crippen LogP contribution < -0.4 is 10.6 Å². The number of likely N-dealkylation sites (tertiary alicyclic amines) is 1. The molecule has 144 valence electrons. The molecule has 7 heteroatoms. The molecule has 2 aromatic rings. The van der Waals surface area contributed by atoms with Crippen LogP contribution in [0.5, 0.6) is 0 Å². The summed E-state index contributed by atoms with van der Waals surface area (Å²) in [6, 6.07) is 8.92. The van der Waals surface area contributed by atoms with Gasteiger partial charge in [-0.1, -0.05) is 25.9 Å². The van der Waals surface area contributed by atoms with E-state index in [2.05, 4.69) is 15.8 Å². The van der Waals surface area contributed by atoms with Crippen molar-refractivity contribution in [2.24, 2.45) is 0 Å². The Labute approximate surface area is 159 Å². The average molecular weight is 370 g/mol. The smallest absolute Gasteiger partial charge is 0.253 e. The first-order chi connectivity index (χ1) is 12.8. The molecule has 0 saturated carbocycles. The Kier molecular flexibility index (Phi) is 5.48. The number of carbonyl (C=O) groups is 2. The van der Waals surface area contributed by atoms with Crippen molar-refractivity contribution in [1.29, 1.82) is 0 Å². The van der Waals surface area contributed by atoms with Crippen molar-refractivity contribution in [1.82, 2.24) is 10.1 Å².